The van der Waals surface area contributed by atoms with Gasteiger partial charge in [-0.1, -0.05) is 24.3 Å². The summed E-state index contributed by atoms with van der Waals surface area (Å²) >= 11 is 0. The summed E-state index contributed by atoms with van der Waals surface area (Å²) in [5.74, 6) is -1.12. The summed E-state index contributed by atoms with van der Waals surface area (Å²) in [5.41, 5.74) is 2.86. The zero-order valence-electron chi connectivity index (χ0n) is 8.03. The van der Waals surface area contributed by atoms with Crippen molar-refractivity contribution in [2.45, 2.75) is 12.8 Å². The zero-order valence-corrected chi connectivity index (χ0v) is 8.03. The van der Waals surface area contributed by atoms with Gasteiger partial charge in [-0.2, -0.15) is 5.26 Å². The minimum Gasteiger partial charge on any atom is -0.477 e. The van der Waals surface area contributed by atoms with Crippen LogP contribution in [-0.4, -0.2) is 11.1 Å². The van der Waals surface area contributed by atoms with Crippen molar-refractivity contribution >= 4 is 5.97 Å². The van der Waals surface area contributed by atoms with Crippen LogP contribution in [0.5, 0.6) is 0 Å². The zero-order chi connectivity index (χ0) is 10.8. The van der Waals surface area contributed by atoms with E-state index in [2.05, 4.69) is 0 Å². The molecule has 0 aromatic heterocycles. The van der Waals surface area contributed by atoms with Crippen LogP contribution in [0.25, 0.3) is 0 Å². The number of nitrogens with zero attached hydrogens (tertiary/aromatic N) is 1. The molecule has 0 spiro atoms. The third kappa shape index (κ3) is 1.62. The minimum absolute atomic E-state index is 0.105. The molecular weight excluding hydrogens is 190 g/mol. The molecule has 3 heteroatoms. The van der Waals surface area contributed by atoms with Crippen molar-refractivity contribution in [3.63, 3.8) is 0 Å². The second-order valence-electron chi connectivity index (χ2n) is 3.52. The molecule has 0 saturated heterocycles. The van der Waals surface area contributed by atoms with Crippen LogP contribution in [0.2, 0.25) is 0 Å². The van der Waals surface area contributed by atoms with Crippen LogP contribution in [-0.2, 0) is 17.6 Å². The van der Waals surface area contributed by atoms with Crippen molar-refractivity contribution in [3.05, 3.63) is 46.5 Å². The van der Waals surface area contributed by atoms with E-state index in [1.165, 1.54) is 0 Å². The molecule has 1 aromatic rings. The topological polar surface area (TPSA) is 61.1 Å². The lowest BCUT2D eigenvalue weighted by molar-refractivity contribution is -0.132. The Labute approximate surface area is 87.3 Å². The van der Waals surface area contributed by atoms with E-state index < -0.39 is 5.97 Å². The quantitative estimate of drug-likeness (QED) is 0.553. The maximum atomic E-state index is 10.8. The molecule has 74 valence electrons. The molecule has 0 radical (unpaired) electrons. The summed E-state index contributed by atoms with van der Waals surface area (Å²) in [5, 5.41) is 17.6. The van der Waals surface area contributed by atoms with E-state index in [9.17, 15) is 4.79 Å². The molecule has 0 amide bonds. The van der Waals surface area contributed by atoms with Crippen LogP contribution < -0.4 is 0 Å². The first kappa shape index (κ1) is 9.47. The summed E-state index contributed by atoms with van der Waals surface area (Å²) in [7, 11) is 0. The molecule has 1 N–H and O–H groups in total. The van der Waals surface area contributed by atoms with E-state index in [0.717, 1.165) is 11.1 Å². The van der Waals surface area contributed by atoms with Crippen molar-refractivity contribution in [2.75, 3.05) is 0 Å². The second-order valence-corrected chi connectivity index (χ2v) is 3.52. The molecule has 1 aliphatic carbocycles. The highest BCUT2D eigenvalue weighted by molar-refractivity contribution is 5.92. The van der Waals surface area contributed by atoms with Gasteiger partial charge in [-0.05, 0) is 29.5 Å². The van der Waals surface area contributed by atoms with E-state index in [4.69, 9.17) is 10.4 Å². The summed E-state index contributed by atoms with van der Waals surface area (Å²) in [6, 6.07) is 9.55. The molecule has 0 heterocycles. The van der Waals surface area contributed by atoms with Gasteiger partial charge in [0, 0.05) is 0 Å². The Bertz CT molecular complexity index is 468. The molecule has 0 bridgehead atoms. The van der Waals surface area contributed by atoms with Crippen LogP contribution in [0.1, 0.15) is 11.1 Å². The van der Waals surface area contributed by atoms with E-state index in [-0.39, 0.29) is 5.57 Å². The van der Waals surface area contributed by atoms with E-state index >= 15 is 0 Å². The molecular formula is C12H9NO2. The highest BCUT2D eigenvalue weighted by atomic mass is 16.4. The number of hydrogen-bond acceptors (Lipinski definition) is 2. The second kappa shape index (κ2) is 3.58. The van der Waals surface area contributed by atoms with Crippen LogP contribution in [0, 0.1) is 11.3 Å². The fourth-order valence-corrected chi connectivity index (χ4v) is 1.88. The lowest BCUT2D eigenvalue weighted by Gasteiger charge is -1.96. The fourth-order valence-electron chi connectivity index (χ4n) is 1.88. The predicted molar refractivity (Wildman–Crippen MR) is 54.1 cm³/mol. The van der Waals surface area contributed by atoms with Gasteiger partial charge < -0.3 is 5.11 Å². The predicted octanol–water partition coefficient (Wildman–Crippen LogP) is 1.69. The summed E-state index contributed by atoms with van der Waals surface area (Å²) in [6.45, 7) is 0. The number of aliphatic carboxylic acids is 1. The first-order valence-electron chi connectivity index (χ1n) is 4.64. The molecule has 1 aromatic carbocycles. The monoisotopic (exact) mass is 199 g/mol. The maximum absolute atomic E-state index is 10.8. The highest BCUT2D eigenvalue weighted by Crippen LogP contribution is 2.27. The van der Waals surface area contributed by atoms with Crippen molar-refractivity contribution in [1.29, 1.82) is 5.26 Å². The lowest BCUT2D eigenvalue weighted by Crippen LogP contribution is -2.02. The molecule has 2 rings (SSSR count). The number of carbonyl (C=O) groups is 1. The SMILES string of the molecule is N#CC(C(=O)O)=C1Cc2ccccc2C1. The summed E-state index contributed by atoms with van der Waals surface area (Å²) < 4.78 is 0. The van der Waals surface area contributed by atoms with E-state index in [1.54, 1.807) is 6.07 Å². The van der Waals surface area contributed by atoms with Gasteiger partial charge in [-0.15, -0.1) is 0 Å². The third-order valence-electron chi connectivity index (χ3n) is 2.61. The number of hydrogen-bond donors (Lipinski definition) is 1. The molecule has 15 heavy (non-hydrogen) atoms. The third-order valence-corrected chi connectivity index (χ3v) is 2.61. The van der Waals surface area contributed by atoms with Gasteiger partial charge in [0.25, 0.3) is 0 Å². The van der Waals surface area contributed by atoms with E-state index in [0.29, 0.717) is 18.4 Å². The van der Waals surface area contributed by atoms with Gasteiger partial charge in [0.15, 0.2) is 0 Å². The Hall–Kier alpha value is -2.08. The Balaban J connectivity index is 2.42. The smallest absolute Gasteiger partial charge is 0.346 e. The van der Waals surface area contributed by atoms with Crippen LogP contribution in [0.3, 0.4) is 0 Å². The normalized spacial score (nSPS) is 13.1. The van der Waals surface area contributed by atoms with Crippen molar-refractivity contribution < 1.29 is 9.90 Å². The Kier molecular flexibility index (Phi) is 2.26. The summed E-state index contributed by atoms with van der Waals surface area (Å²) in [6.07, 6.45) is 1.18. The largest absolute Gasteiger partial charge is 0.477 e. The molecule has 1 aliphatic rings. The Morgan fingerprint density at radius 3 is 2.20 bits per heavy atom. The molecule has 0 atom stereocenters. The number of carboxylic acids is 1. The number of nitriles is 1. The number of benzene rings is 1. The standard InChI is InChI=1S/C12H9NO2/c13-7-11(12(14)15)10-5-8-3-1-2-4-9(8)6-10/h1-4H,5-6H2,(H,14,15). The summed E-state index contributed by atoms with van der Waals surface area (Å²) in [4.78, 5) is 10.8. The van der Waals surface area contributed by atoms with Gasteiger partial charge in [0.1, 0.15) is 11.6 Å². The molecule has 0 unspecified atom stereocenters. The van der Waals surface area contributed by atoms with Gasteiger partial charge in [0.05, 0.1) is 0 Å². The van der Waals surface area contributed by atoms with E-state index in [1.807, 2.05) is 24.3 Å². The number of fused-ring (bicyclic) bond motifs is 1. The van der Waals surface area contributed by atoms with Gasteiger partial charge >= 0.3 is 5.97 Å². The molecule has 3 nitrogen and oxygen atoms in total. The minimum atomic E-state index is -1.12. The van der Waals surface area contributed by atoms with Crippen LogP contribution in [0.4, 0.5) is 0 Å². The number of rotatable bonds is 1. The molecule has 0 fully saturated rings. The Morgan fingerprint density at radius 1 is 1.27 bits per heavy atom. The van der Waals surface area contributed by atoms with Crippen molar-refractivity contribution in [2.24, 2.45) is 0 Å². The average Bonchev–Trinajstić information content (AvgIpc) is 2.61. The molecule has 0 saturated carbocycles. The van der Waals surface area contributed by atoms with Crippen molar-refractivity contribution in [3.8, 4) is 6.07 Å². The fraction of sp³-hybridized carbons (Fsp3) is 0.167. The first-order chi connectivity index (χ1) is 7.22. The first-order valence-corrected chi connectivity index (χ1v) is 4.64. The van der Waals surface area contributed by atoms with Crippen LogP contribution in [0.15, 0.2) is 35.4 Å². The molecule has 0 aliphatic heterocycles. The highest BCUT2D eigenvalue weighted by Gasteiger charge is 2.21. The van der Waals surface area contributed by atoms with Gasteiger partial charge in [-0.3, -0.25) is 0 Å². The van der Waals surface area contributed by atoms with Gasteiger partial charge in [-0.25, -0.2) is 4.79 Å². The Morgan fingerprint density at radius 2 is 1.80 bits per heavy atom. The maximum Gasteiger partial charge on any atom is 0.346 e. The van der Waals surface area contributed by atoms with Gasteiger partial charge in [0.2, 0.25) is 0 Å². The average molecular weight is 199 g/mol. The number of carboxylic acid groups (broad SMARTS) is 1. The van der Waals surface area contributed by atoms with Crippen LogP contribution >= 0.6 is 0 Å². The lowest BCUT2D eigenvalue weighted by atomic mass is 10.1. The number of allylic oxidation sites excluding steroid dienone is 1. The van der Waals surface area contributed by atoms with Crippen molar-refractivity contribution in [1.82, 2.24) is 0 Å².